The molecule has 1 heterocycles. The molecule has 0 amide bonds. The number of hydrogen-bond donors (Lipinski definition) is 1. The van der Waals surface area contributed by atoms with Crippen LogP contribution in [0.3, 0.4) is 0 Å². The second-order valence-electron chi connectivity index (χ2n) is 2.32. The third-order valence-electron chi connectivity index (χ3n) is 1.51. The number of rotatable bonds is 0. The molecule has 3 unspecified atom stereocenters. The summed E-state index contributed by atoms with van der Waals surface area (Å²) in [5.41, 5.74) is 0. The molecule has 0 bridgehead atoms. The Labute approximate surface area is 56.0 Å². The summed E-state index contributed by atoms with van der Waals surface area (Å²) in [5, 5.41) is 0. The first-order valence-corrected chi connectivity index (χ1v) is 4.12. The van der Waals surface area contributed by atoms with Crippen LogP contribution in [0.2, 0.25) is 0 Å². The highest BCUT2D eigenvalue weighted by Crippen LogP contribution is 2.40. The van der Waals surface area contributed by atoms with Crippen LogP contribution in [-0.4, -0.2) is 17.6 Å². The quantitative estimate of drug-likeness (QED) is 0.528. The lowest BCUT2D eigenvalue weighted by Gasteiger charge is -2.27. The van der Waals surface area contributed by atoms with E-state index in [2.05, 4.69) is 0 Å². The van der Waals surface area contributed by atoms with Crippen molar-refractivity contribution in [2.45, 2.75) is 20.0 Å². The SMILES string of the molecule is CC1COP(O)OC1C. The van der Waals surface area contributed by atoms with E-state index in [4.69, 9.17) is 13.9 Å². The smallest absolute Gasteiger partial charge is 0.328 e. The van der Waals surface area contributed by atoms with E-state index >= 15 is 0 Å². The predicted octanol–water partition coefficient (Wildman–Crippen LogP) is 1.28. The van der Waals surface area contributed by atoms with Crippen molar-refractivity contribution in [1.82, 2.24) is 0 Å². The van der Waals surface area contributed by atoms with Crippen LogP contribution in [0, 0.1) is 5.92 Å². The summed E-state index contributed by atoms with van der Waals surface area (Å²) in [7, 11) is -1.56. The zero-order valence-corrected chi connectivity index (χ0v) is 6.47. The van der Waals surface area contributed by atoms with Gasteiger partial charge in [-0.15, -0.1) is 0 Å². The molecular formula is C5H11O3P. The molecule has 0 aromatic rings. The van der Waals surface area contributed by atoms with Gasteiger partial charge in [0.25, 0.3) is 0 Å². The van der Waals surface area contributed by atoms with Gasteiger partial charge in [-0.25, -0.2) is 0 Å². The van der Waals surface area contributed by atoms with Crippen molar-refractivity contribution < 1.29 is 13.9 Å². The van der Waals surface area contributed by atoms with Gasteiger partial charge in [0.1, 0.15) is 0 Å². The molecule has 1 rings (SSSR count). The van der Waals surface area contributed by atoms with Crippen LogP contribution in [-0.2, 0) is 9.05 Å². The van der Waals surface area contributed by atoms with Crippen LogP contribution >= 0.6 is 8.60 Å². The zero-order valence-electron chi connectivity index (χ0n) is 5.57. The van der Waals surface area contributed by atoms with Crippen LogP contribution < -0.4 is 0 Å². The highest BCUT2D eigenvalue weighted by Gasteiger charge is 2.24. The lowest BCUT2D eigenvalue weighted by atomic mass is 10.1. The standard InChI is InChI=1S/C5H11O3P/c1-4-3-7-9(6)8-5(4)2/h4-6H,3H2,1-2H3. The van der Waals surface area contributed by atoms with Crippen molar-refractivity contribution in [2.24, 2.45) is 5.92 Å². The molecule has 9 heavy (non-hydrogen) atoms. The first-order valence-electron chi connectivity index (χ1n) is 2.99. The Balaban J connectivity index is 2.35. The molecule has 0 aromatic carbocycles. The summed E-state index contributed by atoms with van der Waals surface area (Å²) in [6.07, 6.45) is 0.134. The molecule has 3 nitrogen and oxygen atoms in total. The van der Waals surface area contributed by atoms with Gasteiger partial charge in [-0.1, -0.05) is 6.92 Å². The van der Waals surface area contributed by atoms with E-state index in [9.17, 15) is 0 Å². The molecule has 1 N–H and O–H groups in total. The molecule has 1 aliphatic rings. The first-order chi connectivity index (χ1) is 4.20. The molecule has 1 aliphatic heterocycles. The molecule has 0 radical (unpaired) electrons. The van der Waals surface area contributed by atoms with Crippen LogP contribution in [0.1, 0.15) is 13.8 Å². The van der Waals surface area contributed by atoms with Crippen molar-refractivity contribution in [3.63, 3.8) is 0 Å². The van der Waals surface area contributed by atoms with Gasteiger partial charge in [-0.05, 0) is 6.92 Å². The molecule has 0 aliphatic carbocycles. The fraction of sp³-hybridized carbons (Fsp3) is 1.00. The first kappa shape index (κ1) is 7.42. The molecule has 4 heteroatoms. The third kappa shape index (κ3) is 1.87. The van der Waals surface area contributed by atoms with Gasteiger partial charge in [0, 0.05) is 5.92 Å². The molecule has 1 fully saturated rings. The Bertz CT molecular complexity index is 98.2. The average molecular weight is 150 g/mol. The van der Waals surface area contributed by atoms with E-state index in [1.54, 1.807) is 0 Å². The van der Waals surface area contributed by atoms with Crippen molar-refractivity contribution >= 4 is 8.60 Å². The summed E-state index contributed by atoms with van der Waals surface area (Å²) < 4.78 is 9.86. The molecular weight excluding hydrogens is 139 g/mol. The normalized spacial score (nSPS) is 45.0. The Morgan fingerprint density at radius 2 is 2.22 bits per heavy atom. The van der Waals surface area contributed by atoms with Gasteiger partial charge >= 0.3 is 8.60 Å². The molecule has 0 aromatic heterocycles. The van der Waals surface area contributed by atoms with Crippen LogP contribution in [0.25, 0.3) is 0 Å². The van der Waals surface area contributed by atoms with Gasteiger partial charge in [-0.3, -0.25) is 0 Å². The fourth-order valence-corrected chi connectivity index (χ4v) is 1.51. The molecule has 54 valence electrons. The van der Waals surface area contributed by atoms with Crippen molar-refractivity contribution in [3.05, 3.63) is 0 Å². The maximum absolute atomic E-state index is 8.82. The summed E-state index contributed by atoms with van der Waals surface area (Å²) in [4.78, 5) is 8.82. The largest absolute Gasteiger partial charge is 0.330 e. The van der Waals surface area contributed by atoms with Crippen molar-refractivity contribution in [1.29, 1.82) is 0 Å². The highest BCUT2D eigenvalue weighted by atomic mass is 31.2. The number of hydrogen-bond acceptors (Lipinski definition) is 3. The Hall–Kier alpha value is 0.310. The summed E-state index contributed by atoms with van der Waals surface area (Å²) in [6, 6.07) is 0. The van der Waals surface area contributed by atoms with E-state index in [0.29, 0.717) is 12.5 Å². The third-order valence-corrected chi connectivity index (χ3v) is 2.39. The topological polar surface area (TPSA) is 38.7 Å². The Morgan fingerprint density at radius 3 is 2.67 bits per heavy atom. The van der Waals surface area contributed by atoms with E-state index in [1.807, 2.05) is 13.8 Å². The fourth-order valence-electron chi connectivity index (χ4n) is 0.593. The minimum atomic E-state index is -1.56. The average Bonchev–Trinajstić information content (AvgIpc) is 1.80. The van der Waals surface area contributed by atoms with Gasteiger partial charge in [-0.2, -0.15) is 0 Å². The minimum Gasteiger partial charge on any atom is -0.328 e. The van der Waals surface area contributed by atoms with Crippen LogP contribution in [0.5, 0.6) is 0 Å². The Morgan fingerprint density at radius 1 is 1.56 bits per heavy atom. The van der Waals surface area contributed by atoms with E-state index < -0.39 is 8.60 Å². The van der Waals surface area contributed by atoms with E-state index in [1.165, 1.54) is 0 Å². The lowest BCUT2D eigenvalue weighted by molar-refractivity contribution is 0.0436. The van der Waals surface area contributed by atoms with E-state index in [-0.39, 0.29) is 6.10 Å². The van der Waals surface area contributed by atoms with Crippen LogP contribution in [0.15, 0.2) is 0 Å². The second-order valence-corrected chi connectivity index (χ2v) is 3.27. The summed E-state index contributed by atoms with van der Waals surface area (Å²) >= 11 is 0. The van der Waals surface area contributed by atoms with E-state index in [0.717, 1.165) is 0 Å². The zero-order chi connectivity index (χ0) is 6.85. The molecule has 1 saturated heterocycles. The second kappa shape index (κ2) is 2.93. The van der Waals surface area contributed by atoms with Gasteiger partial charge in [0.05, 0.1) is 12.7 Å². The van der Waals surface area contributed by atoms with Gasteiger partial charge in [0.2, 0.25) is 0 Å². The lowest BCUT2D eigenvalue weighted by Crippen LogP contribution is -2.25. The van der Waals surface area contributed by atoms with Crippen LogP contribution in [0.4, 0.5) is 0 Å². The van der Waals surface area contributed by atoms with Crippen molar-refractivity contribution in [3.8, 4) is 0 Å². The predicted molar refractivity (Wildman–Crippen MR) is 34.8 cm³/mol. The monoisotopic (exact) mass is 150 g/mol. The summed E-state index contributed by atoms with van der Waals surface area (Å²) in [6.45, 7) is 4.59. The summed E-state index contributed by atoms with van der Waals surface area (Å²) in [5.74, 6) is 0.399. The highest BCUT2D eigenvalue weighted by molar-refractivity contribution is 7.40. The Kier molecular flexibility index (Phi) is 2.42. The molecule has 0 saturated carbocycles. The maximum atomic E-state index is 8.82. The minimum absolute atomic E-state index is 0.134. The van der Waals surface area contributed by atoms with Gasteiger partial charge < -0.3 is 13.9 Å². The van der Waals surface area contributed by atoms with Crippen molar-refractivity contribution in [2.75, 3.05) is 6.61 Å². The van der Waals surface area contributed by atoms with Gasteiger partial charge in [0.15, 0.2) is 0 Å². The molecule has 3 atom stereocenters. The maximum Gasteiger partial charge on any atom is 0.330 e. The molecule has 0 spiro atoms.